The maximum Gasteiger partial charge on any atom is 0.253 e. The molecule has 39 heavy (non-hydrogen) atoms. The number of fused-ring (bicyclic) bond motifs is 1. The molecule has 0 saturated heterocycles. The van der Waals surface area contributed by atoms with E-state index in [1.807, 2.05) is 60.7 Å². The summed E-state index contributed by atoms with van der Waals surface area (Å²) in [5.41, 5.74) is 2.10. The minimum atomic E-state index is -0.590. The Hall–Kier alpha value is -3.40. The second-order valence-electron chi connectivity index (χ2n) is 8.47. The van der Waals surface area contributed by atoms with Gasteiger partial charge in [0, 0.05) is 24.7 Å². The van der Waals surface area contributed by atoms with Crippen LogP contribution in [0.15, 0.2) is 85.1 Å². The van der Waals surface area contributed by atoms with Gasteiger partial charge in [-0.25, -0.2) is 0 Å². The van der Waals surface area contributed by atoms with Crippen LogP contribution in [0.5, 0.6) is 17.2 Å². The fraction of sp³-hybridized carbons (Fsp3) is 0.241. The molecule has 0 radical (unpaired) electrons. The summed E-state index contributed by atoms with van der Waals surface area (Å²) in [6.45, 7) is 1.45. The van der Waals surface area contributed by atoms with Crippen molar-refractivity contribution in [3.8, 4) is 17.2 Å². The molecule has 0 aliphatic rings. The number of aliphatic hydroxyl groups excluding tert-OH is 2. The van der Waals surface area contributed by atoms with E-state index >= 15 is 0 Å². The van der Waals surface area contributed by atoms with Crippen LogP contribution in [-0.4, -0.2) is 60.1 Å². The number of hydrogen-bond donors (Lipinski definition) is 4. The first-order valence-corrected chi connectivity index (χ1v) is 12.2. The van der Waals surface area contributed by atoms with Crippen molar-refractivity contribution in [1.82, 2.24) is 15.6 Å². The third kappa shape index (κ3) is 9.38. The van der Waals surface area contributed by atoms with Gasteiger partial charge in [-0.2, -0.15) is 0 Å². The van der Waals surface area contributed by atoms with Gasteiger partial charge in [-0.3, -0.25) is 9.78 Å². The van der Waals surface area contributed by atoms with Gasteiger partial charge in [-0.05, 0) is 61.0 Å². The van der Waals surface area contributed by atoms with Gasteiger partial charge < -0.3 is 30.3 Å². The molecule has 208 valence electrons. The number of pyridine rings is 1. The SMILES string of the molecule is Cl.Cl.O=C(NCCO)c1cccc2c(Oc3ccc(CCNC[C@H](O)COc4ccccc4)cc3)ccnc12. The zero-order valence-corrected chi connectivity index (χ0v) is 22.9. The van der Waals surface area contributed by atoms with Crippen molar-refractivity contribution in [1.29, 1.82) is 0 Å². The van der Waals surface area contributed by atoms with Gasteiger partial charge in [0.1, 0.15) is 30.0 Å². The third-order valence-corrected chi connectivity index (χ3v) is 5.68. The number of carbonyl (C=O) groups is 1. The molecule has 8 nitrogen and oxygen atoms in total. The van der Waals surface area contributed by atoms with Crippen molar-refractivity contribution in [2.45, 2.75) is 12.5 Å². The average Bonchev–Trinajstić information content (AvgIpc) is 2.94. The van der Waals surface area contributed by atoms with E-state index in [1.54, 1.807) is 24.4 Å². The van der Waals surface area contributed by atoms with Crippen LogP contribution in [0.4, 0.5) is 0 Å². The number of nitrogens with one attached hydrogen (secondary N) is 2. The molecule has 10 heteroatoms. The van der Waals surface area contributed by atoms with Crippen molar-refractivity contribution in [3.05, 3.63) is 96.2 Å². The number of halogens is 2. The number of amides is 1. The highest BCUT2D eigenvalue weighted by Gasteiger charge is 2.13. The molecule has 3 aromatic carbocycles. The van der Waals surface area contributed by atoms with E-state index in [0.29, 0.717) is 29.1 Å². The highest BCUT2D eigenvalue weighted by molar-refractivity contribution is 6.06. The molecule has 0 unspecified atom stereocenters. The summed E-state index contributed by atoms with van der Waals surface area (Å²) >= 11 is 0. The molecule has 0 fully saturated rings. The van der Waals surface area contributed by atoms with Gasteiger partial charge in [-0.1, -0.05) is 36.4 Å². The van der Waals surface area contributed by atoms with Crippen LogP contribution >= 0.6 is 24.8 Å². The smallest absolute Gasteiger partial charge is 0.253 e. The molecular weight excluding hydrogens is 541 g/mol. The van der Waals surface area contributed by atoms with Crippen molar-refractivity contribution in [2.24, 2.45) is 0 Å². The van der Waals surface area contributed by atoms with E-state index < -0.39 is 6.10 Å². The number of nitrogens with zero attached hydrogens (tertiary/aromatic N) is 1. The van der Waals surface area contributed by atoms with E-state index in [9.17, 15) is 9.90 Å². The van der Waals surface area contributed by atoms with E-state index in [-0.39, 0.29) is 50.5 Å². The van der Waals surface area contributed by atoms with Crippen LogP contribution in [-0.2, 0) is 6.42 Å². The summed E-state index contributed by atoms with van der Waals surface area (Å²) in [5, 5.41) is 25.7. The zero-order chi connectivity index (χ0) is 25.9. The highest BCUT2D eigenvalue weighted by Crippen LogP contribution is 2.30. The molecule has 0 spiro atoms. The summed E-state index contributed by atoms with van der Waals surface area (Å²) in [4.78, 5) is 16.8. The van der Waals surface area contributed by atoms with Crippen molar-refractivity contribution >= 4 is 41.6 Å². The molecule has 0 aliphatic carbocycles. The van der Waals surface area contributed by atoms with Gasteiger partial charge in [0.25, 0.3) is 5.91 Å². The molecular formula is C29H33Cl2N3O5. The van der Waals surface area contributed by atoms with E-state index in [4.69, 9.17) is 14.6 Å². The number of aliphatic hydroxyl groups is 2. The molecule has 4 N–H and O–H groups in total. The second-order valence-corrected chi connectivity index (χ2v) is 8.47. The van der Waals surface area contributed by atoms with Crippen molar-refractivity contribution < 1.29 is 24.5 Å². The van der Waals surface area contributed by atoms with Gasteiger partial charge >= 0.3 is 0 Å². The van der Waals surface area contributed by atoms with E-state index in [1.165, 1.54) is 0 Å². The van der Waals surface area contributed by atoms with Crippen LogP contribution in [0.2, 0.25) is 0 Å². The summed E-state index contributed by atoms with van der Waals surface area (Å²) in [5.74, 6) is 1.72. The number of aromatic nitrogens is 1. The fourth-order valence-electron chi connectivity index (χ4n) is 3.81. The molecule has 1 aromatic heterocycles. The predicted octanol–water partition coefficient (Wildman–Crippen LogP) is 4.16. The lowest BCUT2D eigenvalue weighted by atomic mass is 10.1. The number of rotatable bonds is 13. The molecule has 0 bridgehead atoms. The third-order valence-electron chi connectivity index (χ3n) is 5.68. The Morgan fingerprint density at radius 3 is 2.41 bits per heavy atom. The lowest BCUT2D eigenvalue weighted by molar-refractivity contribution is 0.0946. The Kier molecular flexibility index (Phi) is 13.5. The Bertz CT molecular complexity index is 1290. The second kappa shape index (κ2) is 16.5. The number of carbonyl (C=O) groups excluding carboxylic acids is 1. The number of benzene rings is 3. The predicted molar refractivity (Wildman–Crippen MR) is 157 cm³/mol. The molecule has 4 aromatic rings. The number of hydrogen-bond acceptors (Lipinski definition) is 7. The van der Waals surface area contributed by atoms with E-state index in [0.717, 1.165) is 29.7 Å². The Labute approximate surface area is 240 Å². The first-order valence-electron chi connectivity index (χ1n) is 12.2. The summed E-state index contributed by atoms with van der Waals surface area (Å²) < 4.78 is 11.7. The lowest BCUT2D eigenvalue weighted by Gasteiger charge is -2.13. The Morgan fingerprint density at radius 1 is 0.897 bits per heavy atom. The lowest BCUT2D eigenvalue weighted by Crippen LogP contribution is -2.32. The highest BCUT2D eigenvalue weighted by atomic mass is 35.5. The molecule has 1 amide bonds. The minimum Gasteiger partial charge on any atom is -0.491 e. The number of para-hydroxylation sites is 2. The van der Waals surface area contributed by atoms with E-state index in [2.05, 4.69) is 15.6 Å². The van der Waals surface area contributed by atoms with Crippen LogP contribution in [0.1, 0.15) is 15.9 Å². The van der Waals surface area contributed by atoms with Crippen LogP contribution in [0.3, 0.4) is 0 Å². The normalized spacial score (nSPS) is 11.1. The number of ether oxygens (including phenoxy) is 2. The average molecular weight is 575 g/mol. The van der Waals surface area contributed by atoms with Gasteiger partial charge in [0.15, 0.2) is 0 Å². The first-order chi connectivity index (χ1) is 18.1. The van der Waals surface area contributed by atoms with Crippen molar-refractivity contribution in [3.63, 3.8) is 0 Å². The Morgan fingerprint density at radius 2 is 1.67 bits per heavy atom. The first kappa shape index (κ1) is 31.8. The maximum absolute atomic E-state index is 12.4. The monoisotopic (exact) mass is 573 g/mol. The van der Waals surface area contributed by atoms with Gasteiger partial charge in [0.05, 0.1) is 17.7 Å². The van der Waals surface area contributed by atoms with Crippen LogP contribution in [0, 0.1) is 0 Å². The molecule has 1 atom stereocenters. The topological polar surface area (TPSA) is 113 Å². The van der Waals surface area contributed by atoms with Crippen LogP contribution < -0.4 is 20.1 Å². The largest absolute Gasteiger partial charge is 0.491 e. The maximum atomic E-state index is 12.4. The fourth-order valence-corrected chi connectivity index (χ4v) is 3.81. The standard InChI is InChI=1S/C29H31N3O5.2ClH/c33-18-17-32-29(35)26-8-4-7-25-27(14-16-31-28(25)26)37-24-11-9-21(10-12-24)13-15-30-19-22(34)20-36-23-5-2-1-3-6-23;;/h1-12,14,16,22,30,33-34H,13,15,17-20H2,(H,32,35);2*1H/t22-;;/m0../s1. The molecule has 1 heterocycles. The van der Waals surface area contributed by atoms with Gasteiger partial charge in [-0.15, -0.1) is 24.8 Å². The summed E-state index contributed by atoms with van der Waals surface area (Å²) in [6.07, 6.45) is 1.82. The van der Waals surface area contributed by atoms with Crippen molar-refractivity contribution in [2.75, 3.05) is 32.8 Å². The molecule has 0 aliphatic heterocycles. The summed E-state index contributed by atoms with van der Waals surface area (Å²) in [6, 6.07) is 24.4. The molecule has 4 rings (SSSR count). The van der Waals surface area contributed by atoms with Crippen LogP contribution in [0.25, 0.3) is 10.9 Å². The minimum absolute atomic E-state index is 0. The van der Waals surface area contributed by atoms with Gasteiger partial charge in [0.2, 0.25) is 0 Å². The molecule has 0 saturated carbocycles. The zero-order valence-electron chi connectivity index (χ0n) is 21.3. The quantitative estimate of drug-likeness (QED) is 0.177. The Balaban J connectivity index is 0.00000267. The summed E-state index contributed by atoms with van der Waals surface area (Å²) in [7, 11) is 0.